The molecule has 0 saturated carbocycles. The minimum atomic E-state index is -1.41. The van der Waals surface area contributed by atoms with Crippen LogP contribution in [0.1, 0.15) is 13.3 Å². The van der Waals surface area contributed by atoms with Crippen molar-refractivity contribution in [2.45, 2.75) is 37.9 Å². The summed E-state index contributed by atoms with van der Waals surface area (Å²) in [5, 5.41) is 36.8. The van der Waals surface area contributed by atoms with Gasteiger partial charge in [-0.1, -0.05) is 6.92 Å². The predicted molar refractivity (Wildman–Crippen MR) is 43.8 cm³/mol. The molecular formula is C8H16O5. The zero-order valence-corrected chi connectivity index (χ0v) is 7.50. The molecular weight excluding hydrogens is 176 g/mol. The van der Waals surface area contributed by atoms with E-state index in [2.05, 4.69) is 0 Å². The van der Waals surface area contributed by atoms with Gasteiger partial charge in [0.25, 0.3) is 0 Å². The van der Waals surface area contributed by atoms with E-state index in [1.165, 1.54) is 0 Å². The molecule has 0 spiro atoms. The third-order valence-electron chi connectivity index (χ3n) is 2.52. The molecule has 1 heterocycles. The van der Waals surface area contributed by atoms with Gasteiger partial charge in [-0.3, -0.25) is 0 Å². The molecule has 0 amide bonds. The summed E-state index contributed by atoms with van der Waals surface area (Å²) in [5.41, 5.74) is 0. The zero-order valence-electron chi connectivity index (χ0n) is 7.50. The van der Waals surface area contributed by atoms with Crippen molar-refractivity contribution >= 4 is 0 Å². The van der Waals surface area contributed by atoms with Gasteiger partial charge in [0.05, 0.1) is 18.8 Å². The van der Waals surface area contributed by atoms with E-state index in [4.69, 9.17) is 14.9 Å². The molecule has 13 heavy (non-hydrogen) atoms. The van der Waals surface area contributed by atoms with Crippen molar-refractivity contribution in [3.05, 3.63) is 0 Å². The zero-order chi connectivity index (χ0) is 10.0. The Hall–Kier alpha value is -0.200. The van der Waals surface area contributed by atoms with Crippen LogP contribution < -0.4 is 0 Å². The first-order valence-corrected chi connectivity index (χ1v) is 4.42. The third-order valence-corrected chi connectivity index (χ3v) is 2.52. The van der Waals surface area contributed by atoms with Gasteiger partial charge in [-0.25, -0.2) is 0 Å². The van der Waals surface area contributed by atoms with Crippen LogP contribution in [0.4, 0.5) is 0 Å². The fourth-order valence-corrected chi connectivity index (χ4v) is 1.69. The van der Waals surface area contributed by atoms with Crippen molar-refractivity contribution in [1.82, 2.24) is 0 Å². The minimum Gasteiger partial charge on any atom is -0.394 e. The number of aliphatic hydroxyl groups excluding tert-OH is 4. The topological polar surface area (TPSA) is 90.2 Å². The van der Waals surface area contributed by atoms with Gasteiger partial charge in [0, 0.05) is 5.92 Å². The molecule has 5 nitrogen and oxygen atoms in total. The van der Waals surface area contributed by atoms with Crippen molar-refractivity contribution < 1.29 is 25.2 Å². The Morgan fingerprint density at radius 2 is 1.77 bits per heavy atom. The average Bonchev–Trinajstić information content (AvgIpc) is 2.13. The second kappa shape index (κ2) is 4.34. The van der Waals surface area contributed by atoms with E-state index in [0.717, 1.165) is 0 Å². The monoisotopic (exact) mass is 192 g/mol. The van der Waals surface area contributed by atoms with Crippen LogP contribution in [0.5, 0.6) is 0 Å². The van der Waals surface area contributed by atoms with E-state index in [0.29, 0.717) is 6.42 Å². The number of hydrogen-bond donors (Lipinski definition) is 4. The van der Waals surface area contributed by atoms with Gasteiger partial charge in [0.2, 0.25) is 0 Å². The molecule has 5 atom stereocenters. The Bertz CT molecular complexity index is 161. The van der Waals surface area contributed by atoms with E-state index in [1.807, 2.05) is 6.92 Å². The first-order chi connectivity index (χ1) is 6.11. The van der Waals surface area contributed by atoms with Crippen LogP contribution in [0.15, 0.2) is 0 Å². The molecule has 1 unspecified atom stereocenters. The largest absolute Gasteiger partial charge is 0.394 e. The van der Waals surface area contributed by atoms with Gasteiger partial charge in [-0.15, -0.1) is 0 Å². The van der Waals surface area contributed by atoms with E-state index < -0.39 is 24.6 Å². The number of aliphatic hydroxyl groups is 4. The van der Waals surface area contributed by atoms with Crippen LogP contribution in [-0.4, -0.2) is 51.6 Å². The summed E-state index contributed by atoms with van der Waals surface area (Å²) >= 11 is 0. The van der Waals surface area contributed by atoms with E-state index in [9.17, 15) is 10.2 Å². The van der Waals surface area contributed by atoms with Crippen LogP contribution in [0.3, 0.4) is 0 Å². The highest BCUT2D eigenvalue weighted by Crippen LogP contribution is 2.27. The molecule has 1 rings (SSSR count). The summed E-state index contributed by atoms with van der Waals surface area (Å²) in [6.07, 6.45) is -3.75. The van der Waals surface area contributed by atoms with Gasteiger partial charge >= 0.3 is 0 Å². The Morgan fingerprint density at radius 3 is 2.23 bits per heavy atom. The highest BCUT2D eigenvalue weighted by atomic mass is 16.6. The summed E-state index contributed by atoms with van der Waals surface area (Å²) < 4.78 is 4.92. The first-order valence-electron chi connectivity index (χ1n) is 4.42. The Labute approximate surface area is 76.6 Å². The van der Waals surface area contributed by atoms with Crippen LogP contribution in [0, 0.1) is 5.92 Å². The molecule has 0 aromatic rings. The molecule has 0 bridgehead atoms. The maximum absolute atomic E-state index is 9.51. The van der Waals surface area contributed by atoms with Gasteiger partial charge in [-0.2, -0.15) is 0 Å². The van der Waals surface area contributed by atoms with Crippen LogP contribution in [0.2, 0.25) is 0 Å². The summed E-state index contributed by atoms with van der Waals surface area (Å²) in [6.45, 7) is 1.56. The SMILES string of the molecule is CC[C@@H]1[C@@H](O)[C@H](O)C(O)O[C@H]1CO. The minimum absolute atomic E-state index is 0.265. The van der Waals surface area contributed by atoms with Crippen LogP contribution in [0.25, 0.3) is 0 Å². The number of rotatable bonds is 2. The lowest BCUT2D eigenvalue weighted by Gasteiger charge is -2.39. The van der Waals surface area contributed by atoms with Gasteiger partial charge in [-0.05, 0) is 6.42 Å². The maximum Gasteiger partial charge on any atom is 0.183 e. The molecule has 1 fully saturated rings. The Morgan fingerprint density at radius 1 is 1.15 bits per heavy atom. The van der Waals surface area contributed by atoms with Crippen LogP contribution in [-0.2, 0) is 4.74 Å². The molecule has 1 saturated heterocycles. The van der Waals surface area contributed by atoms with Gasteiger partial charge in [0.1, 0.15) is 6.10 Å². The lowest BCUT2D eigenvalue weighted by atomic mass is 9.87. The smallest absolute Gasteiger partial charge is 0.183 e. The summed E-state index contributed by atoms with van der Waals surface area (Å²) in [4.78, 5) is 0. The van der Waals surface area contributed by atoms with Crippen molar-refractivity contribution in [2.75, 3.05) is 6.61 Å². The molecule has 78 valence electrons. The molecule has 5 heteroatoms. The molecule has 0 aromatic carbocycles. The molecule has 0 radical (unpaired) electrons. The van der Waals surface area contributed by atoms with Crippen molar-refractivity contribution in [2.24, 2.45) is 5.92 Å². The predicted octanol–water partition coefficient (Wildman–Crippen LogP) is -1.56. The van der Waals surface area contributed by atoms with Gasteiger partial charge < -0.3 is 25.2 Å². The lowest BCUT2D eigenvalue weighted by Crippen LogP contribution is -2.55. The normalized spacial score (nSPS) is 46.4. The van der Waals surface area contributed by atoms with Gasteiger partial charge in [0.15, 0.2) is 6.29 Å². The fourth-order valence-electron chi connectivity index (χ4n) is 1.69. The first kappa shape index (κ1) is 10.9. The molecule has 0 aliphatic carbocycles. The molecule has 1 aliphatic heterocycles. The third kappa shape index (κ3) is 2.00. The fraction of sp³-hybridized carbons (Fsp3) is 1.00. The Kier molecular flexibility index (Phi) is 3.63. The van der Waals surface area contributed by atoms with Crippen molar-refractivity contribution in [3.63, 3.8) is 0 Å². The van der Waals surface area contributed by atoms with Crippen molar-refractivity contribution in [3.8, 4) is 0 Å². The summed E-state index contributed by atoms with van der Waals surface area (Å²) in [7, 11) is 0. The molecule has 0 aromatic heterocycles. The van der Waals surface area contributed by atoms with Crippen LogP contribution >= 0.6 is 0 Å². The summed E-state index contributed by atoms with van der Waals surface area (Å²) in [5.74, 6) is -0.330. The lowest BCUT2D eigenvalue weighted by molar-refractivity contribution is -0.274. The molecule has 1 aliphatic rings. The van der Waals surface area contributed by atoms with E-state index >= 15 is 0 Å². The van der Waals surface area contributed by atoms with E-state index in [-0.39, 0.29) is 12.5 Å². The summed E-state index contributed by atoms with van der Waals surface area (Å²) in [6, 6.07) is 0. The second-order valence-electron chi connectivity index (χ2n) is 3.30. The Balaban J connectivity index is 2.69. The molecule has 4 N–H and O–H groups in total. The van der Waals surface area contributed by atoms with E-state index in [1.54, 1.807) is 0 Å². The quantitative estimate of drug-likeness (QED) is 0.425. The number of hydrogen-bond acceptors (Lipinski definition) is 5. The maximum atomic E-state index is 9.51. The number of ether oxygens (including phenoxy) is 1. The average molecular weight is 192 g/mol. The standard InChI is InChI=1S/C8H16O5/c1-2-4-5(3-9)13-8(12)7(11)6(4)10/h4-12H,2-3H2,1H3/t4-,5-,6+,7-,8?/m0/s1. The second-order valence-corrected chi connectivity index (χ2v) is 3.30. The van der Waals surface area contributed by atoms with Crippen molar-refractivity contribution in [1.29, 1.82) is 0 Å². The highest BCUT2D eigenvalue weighted by molar-refractivity contribution is 4.87. The highest BCUT2D eigenvalue weighted by Gasteiger charge is 2.42.